The van der Waals surface area contributed by atoms with Gasteiger partial charge in [-0.25, -0.2) is 0 Å². The van der Waals surface area contributed by atoms with Gasteiger partial charge < -0.3 is 15.0 Å². The second-order valence-corrected chi connectivity index (χ2v) is 8.74. The number of hydrogen-bond donors (Lipinski definition) is 1. The van der Waals surface area contributed by atoms with Crippen molar-refractivity contribution in [3.63, 3.8) is 0 Å². The number of benzene rings is 2. The van der Waals surface area contributed by atoms with Gasteiger partial charge >= 0.3 is 0 Å². The number of para-hydroxylation sites is 1. The van der Waals surface area contributed by atoms with E-state index in [1.807, 2.05) is 63.2 Å². The van der Waals surface area contributed by atoms with Gasteiger partial charge in [-0.3, -0.25) is 9.59 Å². The van der Waals surface area contributed by atoms with Gasteiger partial charge in [0.15, 0.2) is 6.61 Å². The van der Waals surface area contributed by atoms with Crippen molar-refractivity contribution in [3.05, 3.63) is 64.7 Å². The summed E-state index contributed by atoms with van der Waals surface area (Å²) < 4.78 is 5.93. The molecule has 0 bridgehead atoms. The zero-order valence-corrected chi connectivity index (χ0v) is 20.5. The summed E-state index contributed by atoms with van der Waals surface area (Å²) in [6.45, 7) is 10.1. The Hall–Kier alpha value is -2.53. The monoisotopic (exact) mass is 458 g/mol. The highest BCUT2D eigenvalue weighted by Gasteiger charge is 2.30. The molecular formula is C26H35ClN2O3. The summed E-state index contributed by atoms with van der Waals surface area (Å²) in [7, 11) is 0. The molecule has 0 aliphatic rings. The van der Waals surface area contributed by atoms with Crippen LogP contribution in [-0.2, 0) is 16.1 Å². The molecule has 0 heterocycles. The number of carbonyl (C=O) groups excluding carboxylic acids is 2. The summed E-state index contributed by atoms with van der Waals surface area (Å²) in [6.07, 6.45) is 1.30. The molecule has 2 rings (SSSR count). The Kier molecular flexibility index (Phi) is 10.0. The Morgan fingerprint density at radius 2 is 1.66 bits per heavy atom. The van der Waals surface area contributed by atoms with Gasteiger partial charge in [0.2, 0.25) is 5.91 Å². The molecule has 0 radical (unpaired) electrons. The summed E-state index contributed by atoms with van der Waals surface area (Å²) >= 11 is 6.37. The van der Waals surface area contributed by atoms with E-state index in [2.05, 4.69) is 19.2 Å². The second kappa shape index (κ2) is 12.5. The smallest absolute Gasteiger partial charge is 0.261 e. The summed E-state index contributed by atoms with van der Waals surface area (Å²) in [4.78, 5) is 27.9. The minimum absolute atomic E-state index is 0.0305. The van der Waals surface area contributed by atoms with Crippen LogP contribution in [0.15, 0.2) is 48.5 Å². The van der Waals surface area contributed by atoms with Crippen molar-refractivity contribution >= 4 is 23.4 Å². The number of halogens is 1. The molecule has 2 aromatic carbocycles. The lowest BCUT2D eigenvalue weighted by Crippen LogP contribution is -2.51. The van der Waals surface area contributed by atoms with Crippen LogP contribution in [0, 0.1) is 0 Å². The van der Waals surface area contributed by atoms with Gasteiger partial charge in [0.05, 0.1) is 0 Å². The normalized spacial score (nSPS) is 12.8. The molecule has 174 valence electrons. The van der Waals surface area contributed by atoms with Gasteiger partial charge in [-0.15, -0.1) is 0 Å². The van der Waals surface area contributed by atoms with Crippen LogP contribution in [0.5, 0.6) is 5.75 Å². The fourth-order valence-electron chi connectivity index (χ4n) is 3.48. The van der Waals surface area contributed by atoms with Crippen molar-refractivity contribution in [2.45, 2.75) is 72.0 Å². The molecule has 6 heteroatoms. The van der Waals surface area contributed by atoms with Crippen molar-refractivity contribution < 1.29 is 14.3 Å². The molecule has 2 aromatic rings. The van der Waals surface area contributed by atoms with Crippen LogP contribution >= 0.6 is 11.6 Å². The summed E-state index contributed by atoms with van der Waals surface area (Å²) in [5.74, 6) is 0.537. The lowest BCUT2D eigenvalue weighted by Gasteiger charge is -2.31. The molecule has 5 nitrogen and oxygen atoms in total. The predicted octanol–water partition coefficient (Wildman–Crippen LogP) is 5.56. The van der Waals surface area contributed by atoms with E-state index in [0.717, 1.165) is 17.5 Å². The topological polar surface area (TPSA) is 58.6 Å². The molecular weight excluding hydrogens is 424 g/mol. The van der Waals surface area contributed by atoms with Gasteiger partial charge in [0.25, 0.3) is 5.91 Å². The summed E-state index contributed by atoms with van der Waals surface area (Å²) in [6, 6.07) is 14.5. The summed E-state index contributed by atoms with van der Waals surface area (Å²) in [5.41, 5.74) is 1.83. The van der Waals surface area contributed by atoms with E-state index in [0.29, 0.717) is 17.2 Å². The first-order valence-corrected chi connectivity index (χ1v) is 11.7. The highest BCUT2D eigenvalue weighted by molar-refractivity contribution is 6.31. The predicted molar refractivity (Wildman–Crippen MR) is 130 cm³/mol. The first-order valence-electron chi connectivity index (χ1n) is 11.3. The average Bonchev–Trinajstić information content (AvgIpc) is 2.78. The number of nitrogens with zero attached hydrogens (tertiary/aromatic N) is 1. The van der Waals surface area contributed by atoms with Crippen LogP contribution in [0.3, 0.4) is 0 Å². The first kappa shape index (κ1) is 25.7. The molecule has 0 aliphatic carbocycles. The van der Waals surface area contributed by atoms with Crippen LogP contribution in [0.2, 0.25) is 5.02 Å². The van der Waals surface area contributed by atoms with Crippen LogP contribution in [-0.4, -0.2) is 35.4 Å². The molecule has 0 fully saturated rings. The van der Waals surface area contributed by atoms with E-state index in [9.17, 15) is 9.59 Å². The number of hydrogen-bond acceptors (Lipinski definition) is 3. The van der Waals surface area contributed by atoms with Crippen molar-refractivity contribution in [2.24, 2.45) is 0 Å². The van der Waals surface area contributed by atoms with Crippen molar-refractivity contribution in [3.8, 4) is 5.75 Å². The lowest BCUT2D eigenvalue weighted by atomic mass is 10.0. The molecule has 1 N–H and O–H groups in total. The van der Waals surface area contributed by atoms with Crippen molar-refractivity contribution in [1.82, 2.24) is 10.2 Å². The Balaban J connectivity index is 2.27. The van der Waals surface area contributed by atoms with Crippen LogP contribution in [0.4, 0.5) is 0 Å². The third-order valence-corrected chi connectivity index (χ3v) is 5.95. The van der Waals surface area contributed by atoms with Crippen molar-refractivity contribution in [1.29, 1.82) is 0 Å². The molecule has 0 saturated carbocycles. The number of carbonyl (C=O) groups is 2. The standard InChI is InChI=1S/C26H35ClN2O3/c1-6-19(5)28-26(31)23(7-2)29(16-20-12-8-10-14-22(20)27)25(30)17-32-24-15-11-9-13-21(24)18(3)4/h8-15,18-19,23H,6-7,16-17H2,1-5H3,(H,28,31)/t19-,23+/m0/s1. The molecule has 0 unspecified atom stereocenters. The van der Waals surface area contributed by atoms with Crippen molar-refractivity contribution in [2.75, 3.05) is 6.61 Å². The van der Waals surface area contributed by atoms with Gasteiger partial charge in [-0.1, -0.05) is 75.7 Å². The molecule has 32 heavy (non-hydrogen) atoms. The average molecular weight is 459 g/mol. The third-order valence-electron chi connectivity index (χ3n) is 5.58. The number of ether oxygens (including phenoxy) is 1. The maximum atomic E-state index is 13.4. The number of rotatable bonds is 11. The van der Waals surface area contributed by atoms with Crippen LogP contribution in [0.25, 0.3) is 0 Å². The van der Waals surface area contributed by atoms with Gasteiger partial charge in [0.1, 0.15) is 11.8 Å². The molecule has 0 saturated heterocycles. The summed E-state index contributed by atoms with van der Waals surface area (Å²) in [5, 5.41) is 3.57. The fraction of sp³-hybridized carbons (Fsp3) is 0.462. The van der Waals surface area contributed by atoms with Gasteiger partial charge in [-0.05, 0) is 48.9 Å². The zero-order valence-electron chi connectivity index (χ0n) is 19.7. The van der Waals surface area contributed by atoms with Crippen LogP contribution < -0.4 is 10.1 Å². The van der Waals surface area contributed by atoms with Gasteiger partial charge in [0, 0.05) is 17.6 Å². The number of amides is 2. The Morgan fingerprint density at radius 1 is 1.00 bits per heavy atom. The molecule has 0 aliphatic heterocycles. The largest absolute Gasteiger partial charge is 0.483 e. The quantitative estimate of drug-likeness (QED) is 0.479. The molecule has 0 spiro atoms. The van der Waals surface area contributed by atoms with Gasteiger partial charge in [-0.2, -0.15) is 0 Å². The third kappa shape index (κ3) is 6.99. The van der Waals surface area contributed by atoms with E-state index in [1.165, 1.54) is 0 Å². The molecule has 0 aromatic heterocycles. The Labute approximate surface area is 197 Å². The minimum Gasteiger partial charge on any atom is -0.483 e. The number of nitrogens with one attached hydrogen (secondary N) is 1. The molecule has 2 atom stereocenters. The Morgan fingerprint density at radius 3 is 2.28 bits per heavy atom. The minimum atomic E-state index is -0.614. The van der Waals surface area contributed by atoms with E-state index in [1.54, 1.807) is 11.0 Å². The zero-order chi connectivity index (χ0) is 23.7. The highest BCUT2D eigenvalue weighted by atomic mass is 35.5. The maximum absolute atomic E-state index is 13.4. The molecule has 2 amide bonds. The fourth-order valence-corrected chi connectivity index (χ4v) is 3.68. The maximum Gasteiger partial charge on any atom is 0.261 e. The SMILES string of the molecule is CC[C@H](C(=O)N[C@@H](C)CC)N(Cc1ccccc1Cl)C(=O)COc1ccccc1C(C)C. The van der Waals surface area contributed by atoms with Crippen LogP contribution in [0.1, 0.15) is 64.5 Å². The Bertz CT molecular complexity index is 900. The highest BCUT2D eigenvalue weighted by Crippen LogP contribution is 2.26. The second-order valence-electron chi connectivity index (χ2n) is 8.34. The van der Waals surface area contributed by atoms with E-state index >= 15 is 0 Å². The first-order chi connectivity index (χ1) is 15.3. The van der Waals surface area contributed by atoms with E-state index < -0.39 is 6.04 Å². The van der Waals surface area contributed by atoms with E-state index in [4.69, 9.17) is 16.3 Å². The lowest BCUT2D eigenvalue weighted by molar-refractivity contribution is -0.143. The van der Waals surface area contributed by atoms with E-state index in [-0.39, 0.29) is 36.9 Å².